The highest BCUT2D eigenvalue weighted by atomic mass is 32.2. The molecule has 0 unspecified atom stereocenters. The Bertz CT molecular complexity index is 539. The van der Waals surface area contributed by atoms with Gasteiger partial charge in [0.05, 0.1) is 13.1 Å². The van der Waals surface area contributed by atoms with Crippen LogP contribution in [-0.2, 0) is 9.59 Å². The fourth-order valence-corrected chi connectivity index (χ4v) is 4.17. The highest BCUT2D eigenvalue weighted by molar-refractivity contribution is 8.00. The van der Waals surface area contributed by atoms with Gasteiger partial charge in [-0.3, -0.25) is 9.59 Å². The molecule has 1 aromatic rings. The summed E-state index contributed by atoms with van der Waals surface area (Å²) in [6.45, 7) is 2.60. The lowest BCUT2D eigenvalue weighted by Gasteiger charge is -2.28. The van der Waals surface area contributed by atoms with Crippen molar-refractivity contribution >= 4 is 23.6 Å². The fourth-order valence-electron chi connectivity index (χ4n) is 2.76. The van der Waals surface area contributed by atoms with Crippen molar-refractivity contribution in [3.63, 3.8) is 0 Å². The van der Waals surface area contributed by atoms with E-state index in [4.69, 9.17) is 5.73 Å². The summed E-state index contributed by atoms with van der Waals surface area (Å²) in [5.41, 5.74) is 6.45. The minimum absolute atomic E-state index is 0.0126. The molecule has 2 rings (SSSR count). The van der Waals surface area contributed by atoms with Gasteiger partial charge in [0.15, 0.2) is 0 Å². The van der Waals surface area contributed by atoms with Gasteiger partial charge in [-0.1, -0.05) is 30.5 Å². The Kier molecular flexibility index (Phi) is 6.47. The van der Waals surface area contributed by atoms with Crippen molar-refractivity contribution in [3.05, 3.63) is 29.8 Å². The number of aryl methyl sites for hydroxylation is 1. The maximum Gasteiger partial charge on any atom is 0.239 e. The predicted molar refractivity (Wildman–Crippen MR) is 93.3 cm³/mol. The Morgan fingerprint density at radius 2 is 1.78 bits per heavy atom. The van der Waals surface area contributed by atoms with Gasteiger partial charge in [-0.2, -0.15) is 0 Å². The molecule has 2 amide bonds. The average molecular weight is 335 g/mol. The SMILES string of the molecule is Cc1ccc(SC2(CNC(=O)CNC(=O)CN)CCCC2)cc1. The Morgan fingerprint density at radius 1 is 1.13 bits per heavy atom. The first-order valence-electron chi connectivity index (χ1n) is 8.02. The smallest absolute Gasteiger partial charge is 0.239 e. The summed E-state index contributed by atoms with van der Waals surface area (Å²) in [4.78, 5) is 24.2. The second-order valence-corrected chi connectivity index (χ2v) is 7.60. The quantitative estimate of drug-likeness (QED) is 0.706. The van der Waals surface area contributed by atoms with Gasteiger partial charge >= 0.3 is 0 Å². The molecule has 0 aromatic heterocycles. The molecule has 0 bridgehead atoms. The van der Waals surface area contributed by atoms with Crippen molar-refractivity contribution in [1.82, 2.24) is 10.6 Å². The summed E-state index contributed by atoms with van der Waals surface area (Å²) >= 11 is 1.86. The predicted octanol–water partition coefficient (Wildman–Crippen LogP) is 1.59. The summed E-state index contributed by atoms with van der Waals surface area (Å²) in [5, 5.41) is 5.45. The minimum Gasteiger partial charge on any atom is -0.353 e. The van der Waals surface area contributed by atoms with Crippen molar-refractivity contribution < 1.29 is 9.59 Å². The van der Waals surface area contributed by atoms with Crippen LogP contribution >= 0.6 is 11.8 Å². The van der Waals surface area contributed by atoms with Gasteiger partial charge in [0.2, 0.25) is 11.8 Å². The van der Waals surface area contributed by atoms with Crippen LogP contribution in [0.1, 0.15) is 31.2 Å². The first-order chi connectivity index (χ1) is 11.0. The molecule has 126 valence electrons. The third-order valence-corrected chi connectivity index (χ3v) is 5.60. The number of amides is 2. The zero-order valence-electron chi connectivity index (χ0n) is 13.6. The van der Waals surface area contributed by atoms with Crippen molar-refractivity contribution in [3.8, 4) is 0 Å². The maximum atomic E-state index is 11.9. The number of hydrogen-bond acceptors (Lipinski definition) is 4. The molecular formula is C17H25N3O2S. The molecular weight excluding hydrogens is 310 g/mol. The Morgan fingerprint density at radius 3 is 2.39 bits per heavy atom. The van der Waals surface area contributed by atoms with E-state index in [2.05, 4.69) is 41.8 Å². The molecule has 4 N–H and O–H groups in total. The molecule has 0 atom stereocenters. The molecule has 1 fully saturated rings. The van der Waals surface area contributed by atoms with Crippen molar-refractivity contribution in [1.29, 1.82) is 0 Å². The van der Waals surface area contributed by atoms with Crippen LogP contribution in [0.25, 0.3) is 0 Å². The molecule has 6 heteroatoms. The third-order valence-electron chi connectivity index (χ3n) is 4.11. The maximum absolute atomic E-state index is 11.9. The summed E-state index contributed by atoms with van der Waals surface area (Å²) in [6, 6.07) is 8.52. The molecule has 1 saturated carbocycles. The number of carbonyl (C=O) groups excluding carboxylic acids is 2. The second-order valence-electron chi connectivity index (χ2n) is 6.06. The van der Waals surface area contributed by atoms with E-state index in [1.807, 2.05) is 11.8 Å². The zero-order chi connectivity index (χ0) is 16.7. The van der Waals surface area contributed by atoms with Crippen LogP contribution in [0.15, 0.2) is 29.2 Å². The fraction of sp³-hybridized carbons (Fsp3) is 0.529. The molecule has 0 heterocycles. The topological polar surface area (TPSA) is 84.2 Å². The summed E-state index contributed by atoms with van der Waals surface area (Å²) in [7, 11) is 0. The van der Waals surface area contributed by atoms with E-state index in [9.17, 15) is 9.59 Å². The van der Waals surface area contributed by atoms with E-state index in [0.29, 0.717) is 6.54 Å². The van der Waals surface area contributed by atoms with Gasteiger partial charge in [0.1, 0.15) is 0 Å². The van der Waals surface area contributed by atoms with Crippen LogP contribution in [0.3, 0.4) is 0 Å². The van der Waals surface area contributed by atoms with E-state index in [0.717, 1.165) is 12.8 Å². The van der Waals surface area contributed by atoms with Crippen LogP contribution in [-0.4, -0.2) is 36.2 Å². The summed E-state index contributed by atoms with van der Waals surface area (Å²) in [6.07, 6.45) is 4.58. The number of hydrogen-bond donors (Lipinski definition) is 3. The zero-order valence-corrected chi connectivity index (χ0v) is 14.4. The molecule has 0 radical (unpaired) electrons. The van der Waals surface area contributed by atoms with Gasteiger partial charge in [0.25, 0.3) is 0 Å². The molecule has 23 heavy (non-hydrogen) atoms. The van der Waals surface area contributed by atoms with Crippen LogP contribution in [0.4, 0.5) is 0 Å². The van der Waals surface area contributed by atoms with Gasteiger partial charge in [-0.25, -0.2) is 0 Å². The molecule has 0 aliphatic heterocycles. The monoisotopic (exact) mass is 335 g/mol. The summed E-state index contributed by atoms with van der Waals surface area (Å²) < 4.78 is 0.0583. The van der Waals surface area contributed by atoms with Crippen molar-refractivity contribution in [2.24, 2.45) is 5.73 Å². The first-order valence-corrected chi connectivity index (χ1v) is 8.84. The van der Waals surface area contributed by atoms with E-state index < -0.39 is 0 Å². The van der Waals surface area contributed by atoms with E-state index in [1.54, 1.807) is 0 Å². The normalized spacial score (nSPS) is 16.1. The number of nitrogens with two attached hydrogens (primary N) is 1. The molecule has 0 spiro atoms. The Labute approximate surface area is 141 Å². The second kappa shape index (κ2) is 8.36. The van der Waals surface area contributed by atoms with Gasteiger partial charge in [0, 0.05) is 16.2 Å². The van der Waals surface area contributed by atoms with E-state index in [-0.39, 0.29) is 29.7 Å². The number of thioether (sulfide) groups is 1. The highest BCUT2D eigenvalue weighted by Crippen LogP contribution is 2.44. The molecule has 1 aliphatic carbocycles. The van der Waals surface area contributed by atoms with Gasteiger partial charge < -0.3 is 16.4 Å². The minimum atomic E-state index is -0.315. The van der Waals surface area contributed by atoms with Crippen molar-refractivity contribution in [2.75, 3.05) is 19.6 Å². The average Bonchev–Trinajstić information content (AvgIpc) is 3.01. The standard InChI is InChI=1S/C17H25N3O2S/c1-13-4-6-14(7-5-13)23-17(8-2-3-9-17)12-20-16(22)11-19-15(21)10-18/h4-7H,2-3,8-12,18H2,1H3,(H,19,21)(H,20,22). The first kappa shape index (κ1) is 17.8. The number of carbonyl (C=O) groups is 2. The molecule has 0 saturated heterocycles. The van der Waals surface area contributed by atoms with E-state index >= 15 is 0 Å². The van der Waals surface area contributed by atoms with Gasteiger partial charge in [-0.05, 0) is 31.9 Å². The van der Waals surface area contributed by atoms with Crippen LogP contribution in [0.2, 0.25) is 0 Å². The van der Waals surface area contributed by atoms with Gasteiger partial charge in [-0.15, -0.1) is 11.8 Å². The lowest BCUT2D eigenvalue weighted by molar-refractivity contribution is -0.125. The Balaban J connectivity index is 1.89. The number of rotatable bonds is 7. The lowest BCUT2D eigenvalue weighted by atomic mass is 10.1. The highest BCUT2D eigenvalue weighted by Gasteiger charge is 2.35. The largest absolute Gasteiger partial charge is 0.353 e. The Hall–Kier alpha value is -1.53. The van der Waals surface area contributed by atoms with E-state index in [1.165, 1.54) is 23.3 Å². The summed E-state index contributed by atoms with van der Waals surface area (Å²) in [5.74, 6) is -0.479. The van der Waals surface area contributed by atoms with Crippen LogP contribution in [0.5, 0.6) is 0 Å². The third kappa shape index (κ3) is 5.55. The number of nitrogens with one attached hydrogen (secondary N) is 2. The van der Waals surface area contributed by atoms with Crippen LogP contribution < -0.4 is 16.4 Å². The van der Waals surface area contributed by atoms with Crippen LogP contribution in [0, 0.1) is 6.92 Å². The lowest BCUT2D eigenvalue weighted by Crippen LogP contribution is -2.44. The number of benzene rings is 1. The van der Waals surface area contributed by atoms with Crippen molar-refractivity contribution in [2.45, 2.75) is 42.2 Å². The molecule has 5 nitrogen and oxygen atoms in total. The molecule has 1 aromatic carbocycles. The molecule has 1 aliphatic rings.